The minimum absolute atomic E-state index is 0.297. The molecule has 1 heterocycles. The molecule has 0 amide bonds. The van der Waals surface area contributed by atoms with Crippen LogP contribution < -0.4 is 0 Å². The van der Waals surface area contributed by atoms with Gasteiger partial charge in [0.2, 0.25) is 0 Å². The van der Waals surface area contributed by atoms with Gasteiger partial charge in [-0.2, -0.15) is 0 Å². The summed E-state index contributed by atoms with van der Waals surface area (Å²) in [5.41, 5.74) is 3.97. The van der Waals surface area contributed by atoms with Crippen LogP contribution in [0.25, 0.3) is 21.5 Å². The molecule has 3 heteroatoms. The van der Waals surface area contributed by atoms with Gasteiger partial charge >= 0.3 is 0 Å². The average molecular weight is 1450 g/mol. The van der Waals surface area contributed by atoms with E-state index in [2.05, 4.69) is 203 Å². The van der Waals surface area contributed by atoms with Crippen LogP contribution in [0.2, 0.25) is 0 Å². The maximum Gasteiger partial charge on any atom is 0.0781 e. The highest BCUT2D eigenvalue weighted by molar-refractivity contribution is 5.82. The van der Waals surface area contributed by atoms with Crippen LogP contribution in [-0.4, -0.2) is 39.1 Å². The molecule has 105 heavy (non-hydrogen) atoms. The van der Waals surface area contributed by atoms with Crippen molar-refractivity contribution in [2.24, 2.45) is 35.5 Å². The zero-order valence-corrected chi connectivity index (χ0v) is 75.3. The fourth-order valence-electron chi connectivity index (χ4n) is 12.0. The van der Waals surface area contributed by atoms with Gasteiger partial charge in [0.15, 0.2) is 0 Å². The van der Waals surface area contributed by atoms with E-state index in [1.54, 1.807) is 58.5 Å². The van der Waals surface area contributed by atoms with E-state index >= 15 is 0 Å². The molecular formula is C102H180O3. The van der Waals surface area contributed by atoms with E-state index in [0.717, 1.165) is 61.7 Å². The largest absolute Gasteiger partial charge is 0.385 e. The molecule has 1 saturated heterocycles. The Kier molecular flexibility index (Phi) is 100. The Balaban J connectivity index is -0.000000198. The predicted octanol–water partition coefficient (Wildman–Crippen LogP) is 34.5. The monoisotopic (exact) mass is 1450 g/mol. The molecular weight excluding hydrogens is 1270 g/mol. The van der Waals surface area contributed by atoms with Crippen molar-refractivity contribution >= 4 is 21.5 Å². The van der Waals surface area contributed by atoms with Crippen molar-refractivity contribution in [3.63, 3.8) is 0 Å². The second kappa shape index (κ2) is 93.1. The van der Waals surface area contributed by atoms with E-state index < -0.39 is 0 Å². The molecule has 7 aromatic rings. The summed E-state index contributed by atoms with van der Waals surface area (Å²) >= 11 is 0. The van der Waals surface area contributed by atoms with Crippen LogP contribution >= 0.6 is 0 Å². The number of rotatable bonds is 5. The van der Waals surface area contributed by atoms with Crippen LogP contribution in [-0.2, 0) is 14.2 Å². The van der Waals surface area contributed by atoms with Crippen molar-refractivity contribution in [2.45, 2.75) is 360 Å². The lowest BCUT2D eigenvalue weighted by molar-refractivity contribution is -0.119. The minimum atomic E-state index is 0.297. The standard InChI is InChI=1S/2C10H18.2C10H8.C8H16.3C7H8.C6H12O2.C4H10O.C4H10.C3H8.8C2H6/c4*1-2-6-10-8-4-3-7-9(10)5-1;1-3-7-5-8(4-2)6-7;3*1-7-5-3-2-4-6-7;1-5-3-8-6(2)4-7-5;1-3-4-5-2;1-3-4-2;1-3-2;8*1-2/h2*9-10H,1-8H2;2*1-8H;7-8H,3-6H2,1-2H3;3*2-6H,1H3;5-6H,3-4H2,1-2H3;3-4H2,1-2H3;3-4H2,1-2H3;3H2,1-2H3;8*1-2H3. The number of methoxy groups -OCH3 is 1. The lowest BCUT2D eigenvalue weighted by Crippen LogP contribution is -2.31. The number of unbranched alkanes of at least 4 members (excludes halogenated alkanes) is 1. The van der Waals surface area contributed by atoms with Gasteiger partial charge in [0.05, 0.1) is 25.4 Å². The maximum absolute atomic E-state index is 5.27. The summed E-state index contributed by atoms with van der Waals surface area (Å²) < 4.78 is 15.2. The topological polar surface area (TPSA) is 27.7 Å². The molecule has 0 bridgehead atoms. The zero-order valence-electron chi connectivity index (χ0n) is 75.3. The van der Waals surface area contributed by atoms with Gasteiger partial charge < -0.3 is 14.2 Å². The SMILES string of the molecule is C1CCC2CCCCC2C1.C1CCC2CCCCC2C1.CC.CC.CC.CC.CC.CC.CC.CC.CC1COC(C)CO1.CCC.CCC1CC(CC)C1.CCCC.CCCOC.Cc1ccccc1.Cc1ccccc1.Cc1ccccc1.c1ccc2ccccc2c1.c1ccc2ccccc2c1. The van der Waals surface area contributed by atoms with Crippen LogP contribution in [0.15, 0.2) is 188 Å². The summed E-state index contributed by atoms with van der Waals surface area (Å²) in [6.45, 7) is 60.0. The molecule has 13 rings (SSSR count). The van der Waals surface area contributed by atoms with Crippen LogP contribution in [0.1, 0.15) is 344 Å². The Labute approximate surface area is 659 Å². The van der Waals surface area contributed by atoms with E-state index in [1.165, 1.54) is 135 Å². The minimum Gasteiger partial charge on any atom is -0.385 e. The number of fused-ring (bicyclic) bond motifs is 4. The van der Waals surface area contributed by atoms with Crippen molar-refractivity contribution in [1.29, 1.82) is 0 Å². The Morgan fingerprint density at radius 1 is 0.286 bits per heavy atom. The lowest BCUT2D eigenvalue weighted by atomic mass is 9.71. The van der Waals surface area contributed by atoms with Crippen molar-refractivity contribution in [3.05, 3.63) is 205 Å². The van der Waals surface area contributed by atoms with Gasteiger partial charge in [0.25, 0.3) is 0 Å². The van der Waals surface area contributed by atoms with Crippen molar-refractivity contribution in [1.82, 2.24) is 0 Å². The molecule has 606 valence electrons. The molecule has 2 atom stereocenters. The highest BCUT2D eigenvalue weighted by Crippen LogP contribution is 2.41. The normalized spacial score (nSPS) is 18.6. The van der Waals surface area contributed by atoms with Crippen LogP contribution in [0, 0.1) is 56.3 Å². The third-order valence-corrected chi connectivity index (χ3v) is 17.7. The number of hydrogen-bond acceptors (Lipinski definition) is 3. The zero-order chi connectivity index (χ0) is 80.8. The number of hydrogen-bond donors (Lipinski definition) is 0. The third-order valence-electron chi connectivity index (χ3n) is 17.7. The number of aryl methyl sites for hydroxylation is 3. The number of ether oxygens (including phenoxy) is 3. The Morgan fingerprint density at radius 2 is 0.467 bits per heavy atom. The van der Waals surface area contributed by atoms with Crippen LogP contribution in [0.3, 0.4) is 0 Å². The van der Waals surface area contributed by atoms with Gasteiger partial charge in [0.1, 0.15) is 0 Å². The van der Waals surface area contributed by atoms with Crippen molar-refractivity contribution < 1.29 is 14.2 Å². The van der Waals surface area contributed by atoms with E-state index in [4.69, 9.17) is 14.2 Å². The van der Waals surface area contributed by atoms with Gasteiger partial charge in [-0.3, -0.25) is 0 Å². The molecule has 2 unspecified atom stereocenters. The Bertz CT molecular complexity index is 2180. The van der Waals surface area contributed by atoms with Gasteiger partial charge in [-0.05, 0) is 111 Å². The summed E-state index contributed by atoms with van der Waals surface area (Å²) in [5, 5.41) is 5.24. The number of benzene rings is 7. The highest BCUT2D eigenvalue weighted by Gasteiger charge is 2.28. The first-order valence-corrected chi connectivity index (χ1v) is 44.1. The molecule has 0 N–H and O–H groups in total. The molecule has 5 aliphatic carbocycles. The highest BCUT2D eigenvalue weighted by atomic mass is 16.6. The van der Waals surface area contributed by atoms with E-state index in [1.807, 2.05) is 179 Å². The molecule has 5 saturated carbocycles. The molecule has 6 fully saturated rings. The fourth-order valence-corrected chi connectivity index (χ4v) is 12.0. The molecule has 6 aliphatic rings. The summed E-state index contributed by atoms with van der Waals surface area (Å²) in [6.07, 6.45) is 36.2. The summed E-state index contributed by atoms with van der Waals surface area (Å²) in [4.78, 5) is 0. The van der Waals surface area contributed by atoms with Crippen LogP contribution in [0.5, 0.6) is 0 Å². The second-order valence-electron chi connectivity index (χ2n) is 25.8. The smallest absolute Gasteiger partial charge is 0.0781 e. The van der Waals surface area contributed by atoms with E-state index in [0.29, 0.717) is 12.2 Å². The van der Waals surface area contributed by atoms with E-state index in [-0.39, 0.29) is 0 Å². The van der Waals surface area contributed by atoms with Crippen molar-refractivity contribution in [3.8, 4) is 0 Å². The second-order valence-corrected chi connectivity index (χ2v) is 25.8. The van der Waals surface area contributed by atoms with Crippen LogP contribution in [0.4, 0.5) is 0 Å². The quantitative estimate of drug-likeness (QED) is 0.172. The van der Waals surface area contributed by atoms with Gasteiger partial charge in [0, 0.05) is 13.7 Å². The molecule has 0 aromatic heterocycles. The van der Waals surface area contributed by atoms with Crippen molar-refractivity contribution in [2.75, 3.05) is 26.9 Å². The predicted molar refractivity (Wildman–Crippen MR) is 486 cm³/mol. The third kappa shape index (κ3) is 69.2. The first-order chi connectivity index (χ1) is 51.4. The summed E-state index contributed by atoms with van der Waals surface area (Å²) in [5.74, 6) is 6.81. The molecule has 1 aliphatic heterocycles. The molecule has 0 spiro atoms. The average Bonchev–Trinajstić information content (AvgIpc) is 0.882. The van der Waals surface area contributed by atoms with Gasteiger partial charge in [-0.1, -0.05) is 499 Å². The lowest BCUT2D eigenvalue weighted by Gasteiger charge is -2.35. The molecule has 3 nitrogen and oxygen atoms in total. The van der Waals surface area contributed by atoms with Gasteiger partial charge in [-0.15, -0.1) is 0 Å². The first-order valence-electron chi connectivity index (χ1n) is 44.1. The van der Waals surface area contributed by atoms with E-state index in [9.17, 15) is 0 Å². The Morgan fingerprint density at radius 3 is 0.581 bits per heavy atom. The Hall–Kier alpha value is -5.06. The van der Waals surface area contributed by atoms with Gasteiger partial charge in [-0.25, -0.2) is 0 Å². The molecule has 7 aromatic carbocycles. The fraction of sp³-hybridized carbons (Fsp3) is 0.627. The summed E-state index contributed by atoms with van der Waals surface area (Å²) in [7, 11) is 1.71. The maximum atomic E-state index is 5.27. The summed E-state index contributed by atoms with van der Waals surface area (Å²) in [6, 6.07) is 64.2. The first kappa shape index (κ1) is 113. The molecule has 0 radical (unpaired) electrons.